The van der Waals surface area contributed by atoms with Crippen molar-refractivity contribution in [1.82, 2.24) is 0 Å². The van der Waals surface area contributed by atoms with E-state index in [-0.39, 0.29) is 25.7 Å². The molecule has 2 aliphatic heterocycles. The Kier molecular flexibility index (Phi) is 11.8. The Bertz CT molecular complexity index is 1610. The maximum Gasteiger partial charge on any atom is 0.139 e. The van der Waals surface area contributed by atoms with Gasteiger partial charge in [-0.05, 0) is 144 Å². The Morgan fingerprint density at radius 2 is 1.24 bits per heavy atom. The molecule has 0 aromatic heterocycles. The van der Waals surface area contributed by atoms with Crippen molar-refractivity contribution in [2.24, 2.45) is 58.2 Å². The summed E-state index contributed by atoms with van der Waals surface area (Å²) < 4.78 is 0.796. The third kappa shape index (κ3) is 6.13. The summed E-state index contributed by atoms with van der Waals surface area (Å²) in [4.78, 5) is 12.8. The molecule has 10 rings (SSSR count). The smallest absolute Gasteiger partial charge is 0.139 e. The lowest BCUT2D eigenvalue weighted by Crippen LogP contribution is -2.54. The van der Waals surface area contributed by atoms with Gasteiger partial charge in [-0.15, -0.1) is 53.5 Å². The number of allylic oxidation sites excluding steroid dienone is 4. The van der Waals surface area contributed by atoms with Crippen molar-refractivity contribution in [2.75, 3.05) is 23.0 Å². The molecule has 0 aromatic rings. The summed E-state index contributed by atoms with van der Waals surface area (Å²) in [5, 5.41) is 11.3. The summed E-state index contributed by atoms with van der Waals surface area (Å²) in [7, 11) is 0. The predicted molar refractivity (Wildman–Crippen MR) is 240 cm³/mol. The monoisotopic (exact) mass is 806 g/mol. The molecule has 6 saturated carbocycles. The minimum absolute atomic E-state index is 0. The molecule has 11 atom stereocenters. The first-order chi connectivity index (χ1) is 25.1. The average Bonchev–Trinajstić information content (AvgIpc) is 3.95. The lowest BCUT2D eigenvalue weighted by Gasteiger charge is -2.57. The van der Waals surface area contributed by atoms with Crippen LogP contribution in [-0.2, 0) is 4.79 Å². The SMILES string of the molecule is C.C.C#C[C@]1(O)CCC2C3CCC4=CC5(CCC4C3C(=C)C[C@@]21CC)SCCS5.C=C1C[C@]2(CC)C(=O)CCC2C2CCC3=CC4(CCC3C12)SCCS4. The van der Waals surface area contributed by atoms with Gasteiger partial charge in [0.05, 0.1) is 8.16 Å². The molecule has 2 nitrogen and oxygen atoms in total. The van der Waals surface area contributed by atoms with Gasteiger partial charge >= 0.3 is 0 Å². The lowest BCUT2D eigenvalue weighted by molar-refractivity contribution is -0.130. The minimum atomic E-state index is -0.926. The number of hydrogen-bond acceptors (Lipinski definition) is 6. The van der Waals surface area contributed by atoms with Crippen LogP contribution in [0.5, 0.6) is 0 Å². The van der Waals surface area contributed by atoms with Gasteiger partial charge in [0.2, 0.25) is 0 Å². The van der Waals surface area contributed by atoms with Crippen LogP contribution in [0.25, 0.3) is 0 Å². The van der Waals surface area contributed by atoms with E-state index in [1.54, 1.807) is 11.1 Å². The van der Waals surface area contributed by atoms with Crippen molar-refractivity contribution in [3.05, 3.63) is 47.6 Å². The highest BCUT2D eigenvalue weighted by atomic mass is 32.2. The standard InChI is InChI=1S/C24H32OS2.C22H30OS2.2CH4/c1-4-22-14-16(3)21-18-8-11-24(26-12-13-27-24)15-17(18)6-7-19(21)20(22)9-10-23(22,25)5-2;1-3-21-12-14(2)20-16-8-9-22(24-10-11-25-22)13-15(16)4-5-17(20)18(21)6-7-19(21)23;;/h2,15,18-21,25H,3-4,6-14H2,1H3;13,16-18,20H,2-12H2,1H3;2*1H4/t18?,19?,20?,21?,22-,23-;16?,17?,18?,20?,21-;;/m00../s1. The Morgan fingerprint density at radius 3 is 1.74 bits per heavy atom. The summed E-state index contributed by atoms with van der Waals surface area (Å²) in [6.07, 6.45) is 29.5. The fourth-order valence-electron chi connectivity index (χ4n) is 14.9. The van der Waals surface area contributed by atoms with Crippen LogP contribution in [-0.4, -0.2) is 47.7 Å². The summed E-state index contributed by atoms with van der Waals surface area (Å²) in [6, 6.07) is 0. The molecule has 54 heavy (non-hydrogen) atoms. The van der Waals surface area contributed by atoms with Crippen LogP contribution >= 0.6 is 47.0 Å². The van der Waals surface area contributed by atoms with Gasteiger partial charge in [-0.25, -0.2) is 0 Å². The van der Waals surface area contributed by atoms with Crippen molar-refractivity contribution in [3.63, 3.8) is 0 Å². The van der Waals surface area contributed by atoms with Gasteiger partial charge in [-0.3, -0.25) is 4.79 Å². The first kappa shape index (κ1) is 41.7. The van der Waals surface area contributed by atoms with Crippen LogP contribution in [0.2, 0.25) is 0 Å². The van der Waals surface area contributed by atoms with E-state index in [0.29, 0.717) is 49.4 Å². The summed E-state index contributed by atoms with van der Waals surface area (Å²) >= 11 is 8.74. The number of fused-ring (bicyclic) bond motifs is 10. The highest BCUT2D eigenvalue weighted by molar-refractivity contribution is 8.22. The molecule has 2 heterocycles. The maximum atomic E-state index is 12.8. The van der Waals surface area contributed by atoms with E-state index in [1.807, 2.05) is 0 Å². The molecule has 10 aliphatic rings. The fraction of sp³-hybridized carbons (Fsp3) is 0.771. The second-order valence-electron chi connectivity index (χ2n) is 18.6. The Morgan fingerprint density at radius 1 is 0.722 bits per heavy atom. The van der Waals surface area contributed by atoms with Crippen LogP contribution in [0, 0.1) is 70.5 Å². The highest BCUT2D eigenvalue weighted by Gasteiger charge is 2.65. The van der Waals surface area contributed by atoms with E-state index in [2.05, 4.69) is 92.1 Å². The molecule has 0 radical (unpaired) electrons. The number of carbonyl (C=O) groups excluding carboxylic acids is 1. The summed E-state index contributed by atoms with van der Waals surface area (Å²) in [5.41, 5.74) is 5.22. The molecular weight excluding hydrogens is 737 g/mol. The van der Waals surface area contributed by atoms with Crippen molar-refractivity contribution >= 4 is 52.8 Å². The molecule has 2 spiro atoms. The molecule has 8 aliphatic carbocycles. The molecule has 2 saturated heterocycles. The highest BCUT2D eigenvalue weighted by Crippen LogP contribution is 2.69. The number of rotatable bonds is 2. The van der Waals surface area contributed by atoms with E-state index in [4.69, 9.17) is 6.42 Å². The topological polar surface area (TPSA) is 37.3 Å². The summed E-state index contributed by atoms with van der Waals surface area (Å²) in [5.74, 6) is 14.0. The van der Waals surface area contributed by atoms with Crippen molar-refractivity contribution in [3.8, 4) is 12.3 Å². The molecule has 0 aromatic carbocycles. The molecule has 0 bridgehead atoms. The first-order valence-corrected chi connectivity index (χ1v) is 25.1. The zero-order valence-electron chi connectivity index (χ0n) is 31.9. The third-order valence-electron chi connectivity index (χ3n) is 17.1. The second-order valence-corrected chi connectivity index (χ2v) is 24.8. The van der Waals surface area contributed by atoms with Crippen molar-refractivity contribution in [1.29, 1.82) is 0 Å². The second kappa shape index (κ2) is 15.3. The van der Waals surface area contributed by atoms with Gasteiger partial charge in [0, 0.05) is 40.3 Å². The molecule has 1 N–H and O–H groups in total. The minimum Gasteiger partial charge on any atom is -0.377 e. The molecular formula is C48H70O2S4. The zero-order valence-corrected chi connectivity index (χ0v) is 35.2. The number of thioether (sulfide) groups is 4. The third-order valence-corrected chi connectivity index (χ3v) is 23.9. The van der Waals surface area contributed by atoms with Crippen LogP contribution in [0.15, 0.2) is 47.6 Å². The number of aliphatic hydroxyl groups is 1. The molecule has 6 heteroatoms. The number of hydrogen-bond donors (Lipinski definition) is 1. The van der Waals surface area contributed by atoms with E-state index >= 15 is 0 Å². The Labute approximate surface area is 347 Å². The Balaban J connectivity index is 0.000000161. The largest absolute Gasteiger partial charge is 0.377 e. The van der Waals surface area contributed by atoms with Crippen molar-refractivity contribution in [2.45, 2.75) is 145 Å². The summed E-state index contributed by atoms with van der Waals surface area (Å²) in [6.45, 7) is 13.7. The normalized spacial score (nSPS) is 44.7. The first-order valence-electron chi connectivity index (χ1n) is 21.1. The molecule has 298 valence electrons. The fourth-order valence-corrected chi connectivity index (χ4v) is 21.3. The molecule has 0 amide bonds. The van der Waals surface area contributed by atoms with Crippen LogP contribution in [0.1, 0.15) is 131 Å². The Hall–Kier alpha value is -0.450. The van der Waals surface area contributed by atoms with Gasteiger partial charge < -0.3 is 5.11 Å². The maximum absolute atomic E-state index is 12.8. The number of terminal acetylenes is 1. The van der Waals surface area contributed by atoms with Crippen LogP contribution in [0.3, 0.4) is 0 Å². The number of Topliss-reactive ketones (excluding diaryl/α,β-unsaturated/α-hetero) is 1. The van der Waals surface area contributed by atoms with Crippen LogP contribution < -0.4 is 0 Å². The molecule has 8 unspecified atom stereocenters. The average molecular weight is 807 g/mol. The zero-order chi connectivity index (χ0) is 36.1. The van der Waals surface area contributed by atoms with Gasteiger partial charge in [0.1, 0.15) is 11.4 Å². The van der Waals surface area contributed by atoms with Gasteiger partial charge in [-0.2, -0.15) is 0 Å². The number of carbonyl (C=O) groups is 1. The van der Waals surface area contributed by atoms with Crippen LogP contribution in [0.4, 0.5) is 0 Å². The quantitative estimate of drug-likeness (QED) is 0.221. The molecule has 8 fully saturated rings. The van der Waals surface area contributed by atoms with E-state index in [9.17, 15) is 9.90 Å². The van der Waals surface area contributed by atoms with E-state index in [0.717, 1.165) is 63.2 Å². The predicted octanol–water partition coefficient (Wildman–Crippen LogP) is 12.8. The van der Waals surface area contributed by atoms with E-state index in [1.165, 1.54) is 85.5 Å². The van der Waals surface area contributed by atoms with Crippen molar-refractivity contribution < 1.29 is 9.90 Å². The van der Waals surface area contributed by atoms with Gasteiger partial charge in [-0.1, -0.05) is 82.2 Å². The van der Waals surface area contributed by atoms with Gasteiger partial charge in [0.15, 0.2) is 0 Å². The van der Waals surface area contributed by atoms with E-state index < -0.39 is 5.60 Å². The number of ketones is 1. The van der Waals surface area contributed by atoms with Gasteiger partial charge in [0.25, 0.3) is 0 Å². The lowest BCUT2D eigenvalue weighted by atomic mass is 9.48.